The molecule has 2 aromatic rings. The van der Waals surface area contributed by atoms with Crippen LogP contribution in [0.5, 0.6) is 0 Å². The van der Waals surface area contributed by atoms with E-state index in [-0.39, 0.29) is 11.7 Å². The maximum absolute atomic E-state index is 15.1. The number of fused-ring (bicyclic) bond motifs is 1. The maximum Gasteiger partial charge on any atom is 0.341 e. The summed E-state index contributed by atoms with van der Waals surface area (Å²) in [6, 6.07) is 11.8. The predicted octanol–water partition coefficient (Wildman–Crippen LogP) is 7.13. The maximum atomic E-state index is 15.1. The third-order valence-corrected chi connectivity index (χ3v) is 7.02. The Morgan fingerprint density at radius 2 is 1.63 bits per heavy atom. The second-order valence-electron chi connectivity index (χ2n) is 9.29. The number of esters is 1. The number of carbonyl (C=O) groups is 1. The Kier molecular flexibility index (Phi) is 6.55. The van der Waals surface area contributed by atoms with Crippen LogP contribution in [0.2, 0.25) is 0 Å². The average molecular weight is 409 g/mol. The predicted molar refractivity (Wildman–Crippen MR) is 119 cm³/mol. The lowest BCUT2D eigenvalue weighted by Crippen LogP contribution is -2.26. The van der Waals surface area contributed by atoms with E-state index in [4.69, 9.17) is 4.74 Å². The molecule has 0 N–H and O–H groups in total. The first-order chi connectivity index (χ1) is 14.5. The minimum Gasteiger partial charge on any atom is -0.459 e. The van der Waals surface area contributed by atoms with Crippen LogP contribution in [0.1, 0.15) is 80.3 Å². The highest BCUT2D eigenvalue weighted by Crippen LogP contribution is 2.34. The second kappa shape index (κ2) is 9.32. The van der Waals surface area contributed by atoms with Gasteiger partial charge in [-0.2, -0.15) is 0 Å². The molecule has 0 radical (unpaired) electrons. The van der Waals surface area contributed by atoms with E-state index in [0.29, 0.717) is 12.0 Å². The number of aryl methyl sites for hydroxylation is 1. The van der Waals surface area contributed by atoms with E-state index in [2.05, 4.69) is 19.1 Å². The molecule has 1 aliphatic carbocycles. The van der Waals surface area contributed by atoms with Crippen molar-refractivity contribution < 1.29 is 13.9 Å². The molecule has 1 heterocycles. The summed E-state index contributed by atoms with van der Waals surface area (Å²) < 4.78 is 20.3. The summed E-state index contributed by atoms with van der Waals surface area (Å²) in [7, 11) is 0. The number of benzene rings is 2. The van der Waals surface area contributed by atoms with Gasteiger partial charge in [0.25, 0.3) is 0 Å². The molecule has 2 aromatic carbocycles. The van der Waals surface area contributed by atoms with Crippen molar-refractivity contribution in [1.82, 2.24) is 0 Å². The second-order valence-corrected chi connectivity index (χ2v) is 9.29. The van der Waals surface area contributed by atoms with Gasteiger partial charge >= 0.3 is 5.97 Å². The van der Waals surface area contributed by atoms with Crippen LogP contribution < -0.4 is 0 Å². The van der Waals surface area contributed by atoms with E-state index in [9.17, 15) is 4.79 Å². The molecule has 1 unspecified atom stereocenters. The number of ether oxygens (including phenoxy) is 1. The van der Waals surface area contributed by atoms with Crippen LogP contribution in [0.4, 0.5) is 4.39 Å². The molecule has 30 heavy (non-hydrogen) atoms. The molecule has 1 fully saturated rings. The molecule has 4 rings (SSSR count). The molecule has 0 spiro atoms. The lowest BCUT2D eigenvalue weighted by molar-refractivity contribution is 0.0294. The summed E-state index contributed by atoms with van der Waals surface area (Å²) in [5.74, 6) is 0.802. The minimum absolute atomic E-state index is 0.105. The Balaban J connectivity index is 1.40. The van der Waals surface area contributed by atoms with Crippen molar-refractivity contribution in [2.24, 2.45) is 11.8 Å². The van der Waals surface area contributed by atoms with Gasteiger partial charge in [-0.3, -0.25) is 0 Å². The van der Waals surface area contributed by atoms with Gasteiger partial charge in [0.15, 0.2) is 0 Å². The topological polar surface area (TPSA) is 26.3 Å². The third kappa shape index (κ3) is 4.61. The number of halogens is 1. The lowest BCUT2D eigenvalue weighted by Gasteiger charge is -2.28. The fourth-order valence-electron chi connectivity index (χ4n) is 5.26. The normalized spacial score (nSPS) is 23.7. The fraction of sp³-hybridized carbons (Fsp3) is 0.519. The number of hydrogen-bond donors (Lipinski definition) is 0. The smallest absolute Gasteiger partial charge is 0.341 e. The van der Waals surface area contributed by atoms with Gasteiger partial charge in [-0.1, -0.05) is 81.8 Å². The Hall–Kier alpha value is -2.16. The summed E-state index contributed by atoms with van der Waals surface area (Å²) in [6.45, 7) is 4.13. The molecule has 0 bridgehead atoms. The highest BCUT2D eigenvalue weighted by atomic mass is 19.1. The molecule has 0 amide bonds. The van der Waals surface area contributed by atoms with Crippen LogP contribution in [-0.4, -0.2) is 12.1 Å². The quantitative estimate of drug-likeness (QED) is 0.475. The molecule has 1 aliphatic heterocycles. The lowest BCUT2D eigenvalue weighted by atomic mass is 9.78. The van der Waals surface area contributed by atoms with Gasteiger partial charge in [0, 0.05) is 12.0 Å². The minimum atomic E-state index is -0.548. The summed E-state index contributed by atoms with van der Waals surface area (Å²) in [5, 5.41) is 0. The molecule has 2 aliphatic rings. The van der Waals surface area contributed by atoms with E-state index in [1.165, 1.54) is 50.5 Å². The van der Waals surface area contributed by atoms with Crippen molar-refractivity contribution >= 4 is 5.97 Å². The van der Waals surface area contributed by atoms with Crippen molar-refractivity contribution in [3.8, 4) is 11.1 Å². The largest absolute Gasteiger partial charge is 0.459 e. The van der Waals surface area contributed by atoms with Crippen LogP contribution in [-0.2, 0) is 17.6 Å². The van der Waals surface area contributed by atoms with Gasteiger partial charge in [0.2, 0.25) is 0 Å². The SMILES string of the molecule is CCCC1CCC(CCc2ccc(-c3ccc4c(c3F)C(=O)OC(C)C4)cc2)CC1. The van der Waals surface area contributed by atoms with E-state index in [0.717, 1.165) is 29.4 Å². The Morgan fingerprint density at radius 1 is 0.967 bits per heavy atom. The summed E-state index contributed by atoms with van der Waals surface area (Å²) in [4.78, 5) is 12.2. The highest BCUT2D eigenvalue weighted by molar-refractivity contribution is 5.94. The first-order valence-corrected chi connectivity index (χ1v) is 11.7. The molecule has 0 aromatic heterocycles. The van der Waals surface area contributed by atoms with Crippen molar-refractivity contribution in [1.29, 1.82) is 0 Å². The first kappa shape index (κ1) is 21.1. The summed E-state index contributed by atoms with van der Waals surface area (Å²) in [6.07, 6.45) is 10.9. The molecule has 1 atom stereocenters. The monoisotopic (exact) mass is 408 g/mol. The van der Waals surface area contributed by atoms with Crippen LogP contribution in [0.3, 0.4) is 0 Å². The molecule has 2 nitrogen and oxygen atoms in total. The molecule has 3 heteroatoms. The van der Waals surface area contributed by atoms with E-state index >= 15 is 4.39 Å². The van der Waals surface area contributed by atoms with Gasteiger partial charge in [0.05, 0.1) is 5.56 Å². The number of rotatable bonds is 6. The van der Waals surface area contributed by atoms with Gasteiger partial charge in [0.1, 0.15) is 11.9 Å². The summed E-state index contributed by atoms with van der Waals surface area (Å²) >= 11 is 0. The van der Waals surface area contributed by atoms with Gasteiger partial charge in [-0.05, 0) is 48.3 Å². The zero-order valence-electron chi connectivity index (χ0n) is 18.3. The van der Waals surface area contributed by atoms with Crippen LogP contribution in [0.25, 0.3) is 11.1 Å². The standard InChI is InChI=1S/C27H33FO2/c1-3-4-19-5-7-20(8-6-19)9-10-21-11-13-22(14-12-21)24-16-15-23-17-18(2)30-27(29)25(23)26(24)28/h11-16,18-20H,3-10,17H2,1-2H3. The number of hydrogen-bond acceptors (Lipinski definition) is 2. The first-order valence-electron chi connectivity index (χ1n) is 11.7. The third-order valence-electron chi connectivity index (χ3n) is 7.02. The van der Waals surface area contributed by atoms with Gasteiger partial charge < -0.3 is 4.74 Å². The van der Waals surface area contributed by atoms with E-state index < -0.39 is 11.8 Å². The number of carbonyl (C=O) groups excluding carboxylic acids is 1. The molecule has 1 saturated carbocycles. The van der Waals surface area contributed by atoms with Crippen molar-refractivity contribution in [3.63, 3.8) is 0 Å². The van der Waals surface area contributed by atoms with Crippen LogP contribution in [0.15, 0.2) is 36.4 Å². The highest BCUT2D eigenvalue weighted by Gasteiger charge is 2.28. The van der Waals surface area contributed by atoms with Gasteiger partial charge in [-0.25, -0.2) is 9.18 Å². The fourth-order valence-corrected chi connectivity index (χ4v) is 5.26. The number of cyclic esters (lactones) is 1. The zero-order valence-corrected chi connectivity index (χ0v) is 18.3. The molecule has 160 valence electrons. The summed E-state index contributed by atoms with van der Waals surface area (Å²) in [5.41, 5.74) is 3.44. The Bertz CT molecular complexity index is 878. The van der Waals surface area contributed by atoms with Crippen molar-refractivity contribution in [3.05, 3.63) is 58.9 Å². The zero-order chi connectivity index (χ0) is 21.1. The van der Waals surface area contributed by atoms with Crippen LogP contribution >= 0.6 is 0 Å². The molecular formula is C27H33FO2. The average Bonchev–Trinajstić information content (AvgIpc) is 2.74. The molecular weight excluding hydrogens is 375 g/mol. The van der Waals surface area contributed by atoms with Crippen molar-refractivity contribution in [2.45, 2.75) is 77.7 Å². The Morgan fingerprint density at radius 3 is 2.30 bits per heavy atom. The van der Waals surface area contributed by atoms with Gasteiger partial charge in [-0.15, -0.1) is 0 Å². The van der Waals surface area contributed by atoms with E-state index in [1.54, 1.807) is 6.07 Å². The van der Waals surface area contributed by atoms with Crippen molar-refractivity contribution in [2.75, 3.05) is 0 Å². The van der Waals surface area contributed by atoms with Crippen LogP contribution in [0, 0.1) is 17.7 Å². The Labute approximate surface area is 179 Å². The van der Waals surface area contributed by atoms with E-state index in [1.807, 2.05) is 25.1 Å². The molecule has 0 saturated heterocycles.